The van der Waals surface area contributed by atoms with Gasteiger partial charge in [0.05, 0.1) is 30.1 Å². The maximum Gasteiger partial charge on any atom is 0.145 e. The molecule has 0 amide bonds. The molecule has 0 spiro atoms. The van der Waals surface area contributed by atoms with Gasteiger partial charge in [0.15, 0.2) is 0 Å². The number of benzene rings is 1. The maximum atomic E-state index is 14.5. The van der Waals surface area contributed by atoms with Crippen molar-refractivity contribution in [3.63, 3.8) is 0 Å². The highest BCUT2D eigenvalue weighted by atomic mass is 19.2. The van der Waals surface area contributed by atoms with Crippen LogP contribution < -0.4 is 11.5 Å². The van der Waals surface area contributed by atoms with Gasteiger partial charge in [-0.15, -0.1) is 9.60 Å². The zero-order chi connectivity index (χ0) is 16.1. The molecule has 0 aliphatic heterocycles. The van der Waals surface area contributed by atoms with Crippen LogP contribution in [-0.2, 0) is 16.1 Å². The van der Waals surface area contributed by atoms with Crippen LogP contribution in [0.1, 0.15) is 12.5 Å². The molecule has 1 aliphatic rings. The highest BCUT2D eigenvalue weighted by Crippen LogP contribution is 2.28. The van der Waals surface area contributed by atoms with Gasteiger partial charge in [-0.2, -0.15) is 0 Å². The summed E-state index contributed by atoms with van der Waals surface area (Å²) >= 11 is 0. The zero-order valence-electron chi connectivity index (χ0n) is 12.3. The first-order valence-corrected chi connectivity index (χ1v) is 6.89. The Balaban J connectivity index is 2.28. The quantitative estimate of drug-likeness (QED) is 0.637. The molecule has 1 unspecified atom stereocenters. The monoisotopic (exact) mass is 303 g/mol. The van der Waals surface area contributed by atoms with Gasteiger partial charge in [0.25, 0.3) is 0 Å². The van der Waals surface area contributed by atoms with E-state index in [1.807, 2.05) is 6.07 Å². The molecule has 0 fully saturated rings. The van der Waals surface area contributed by atoms with Gasteiger partial charge in [0.2, 0.25) is 0 Å². The molecule has 0 aromatic heterocycles. The van der Waals surface area contributed by atoms with E-state index in [2.05, 4.69) is 0 Å². The van der Waals surface area contributed by atoms with Crippen molar-refractivity contribution in [3.8, 4) is 0 Å². The number of nitrogens with two attached hydrogens (primary N) is 2. The second-order valence-corrected chi connectivity index (χ2v) is 4.81. The van der Waals surface area contributed by atoms with Crippen molar-refractivity contribution in [1.82, 2.24) is 5.12 Å². The Morgan fingerprint density at radius 1 is 1.32 bits per heavy atom. The molecule has 1 aromatic carbocycles. The number of rotatable bonds is 5. The average molecular weight is 303 g/mol. The predicted octanol–water partition coefficient (Wildman–Crippen LogP) is 1.56. The standard InChI is InChI=1S/C16H18FN3O2/c1-2-22-13-8-12(10-21)16(15(19)14(13)18)20(17)9-11-6-4-3-5-7-11/h3-8,16H,2,9,18-19H2,1H3. The van der Waals surface area contributed by atoms with Crippen LogP contribution in [-0.4, -0.2) is 23.7 Å². The number of hydrogen-bond acceptors (Lipinski definition) is 5. The Kier molecular flexibility index (Phi) is 4.99. The first-order chi connectivity index (χ1) is 10.6. The fourth-order valence-electron chi connectivity index (χ4n) is 2.27. The van der Waals surface area contributed by atoms with E-state index in [0.717, 1.165) is 5.56 Å². The minimum absolute atomic E-state index is 0.0253. The normalized spacial score (nSPS) is 18.2. The number of ether oxygens (including phenoxy) is 1. The van der Waals surface area contributed by atoms with E-state index in [0.29, 0.717) is 11.7 Å². The predicted molar refractivity (Wildman–Crippen MR) is 81.2 cm³/mol. The third-order valence-electron chi connectivity index (χ3n) is 3.33. The van der Waals surface area contributed by atoms with Crippen LogP contribution in [0.5, 0.6) is 0 Å². The van der Waals surface area contributed by atoms with Crippen molar-refractivity contribution >= 4 is 5.94 Å². The Labute approximate surface area is 128 Å². The van der Waals surface area contributed by atoms with E-state index < -0.39 is 6.04 Å². The molecule has 0 radical (unpaired) electrons. The molecule has 0 heterocycles. The Bertz CT molecular complexity index is 649. The summed E-state index contributed by atoms with van der Waals surface area (Å²) in [6, 6.07) is 7.95. The number of carbonyl (C=O) groups excluding carboxylic acids is 1. The first kappa shape index (κ1) is 15.8. The smallest absolute Gasteiger partial charge is 0.145 e. The van der Waals surface area contributed by atoms with Gasteiger partial charge in [0.1, 0.15) is 17.7 Å². The highest BCUT2D eigenvalue weighted by molar-refractivity contribution is 5.65. The van der Waals surface area contributed by atoms with Crippen molar-refractivity contribution in [3.05, 3.63) is 64.7 Å². The van der Waals surface area contributed by atoms with Crippen LogP contribution in [0.3, 0.4) is 0 Å². The second-order valence-electron chi connectivity index (χ2n) is 4.81. The van der Waals surface area contributed by atoms with Crippen molar-refractivity contribution in [2.45, 2.75) is 19.5 Å². The van der Waals surface area contributed by atoms with E-state index in [9.17, 15) is 9.28 Å². The summed E-state index contributed by atoms with van der Waals surface area (Å²) in [6.07, 6.45) is 1.38. The van der Waals surface area contributed by atoms with Crippen LogP contribution in [0.15, 0.2) is 59.1 Å². The summed E-state index contributed by atoms with van der Waals surface area (Å²) in [6.45, 7) is 2.11. The van der Waals surface area contributed by atoms with E-state index in [-0.39, 0.29) is 29.3 Å². The van der Waals surface area contributed by atoms with Crippen LogP contribution in [0.25, 0.3) is 0 Å². The molecular weight excluding hydrogens is 285 g/mol. The van der Waals surface area contributed by atoms with Gasteiger partial charge in [-0.1, -0.05) is 30.3 Å². The second kappa shape index (κ2) is 6.93. The minimum Gasteiger partial charge on any atom is -0.492 e. The van der Waals surface area contributed by atoms with Gasteiger partial charge < -0.3 is 16.2 Å². The van der Waals surface area contributed by atoms with Crippen molar-refractivity contribution < 1.29 is 14.0 Å². The number of hydrogen-bond donors (Lipinski definition) is 2. The van der Waals surface area contributed by atoms with Gasteiger partial charge in [-0.25, -0.2) is 4.79 Å². The molecule has 0 saturated heterocycles. The number of nitrogens with zero attached hydrogens (tertiary/aromatic N) is 1. The fourth-order valence-corrected chi connectivity index (χ4v) is 2.27. The molecule has 1 aliphatic carbocycles. The SMILES string of the molecule is CCOC1=CC(=C=O)C(N(F)Cc2ccccc2)C(N)=C1N. The van der Waals surface area contributed by atoms with Crippen molar-refractivity contribution in [2.24, 2.45) is 11.5 Å². The van der Waals surface area contributed by atoms with Crippen molar-refractivity contribution in [2.75, 3.05) is 6.61 Å². The van der Waals surface area contributed by atoms with Crippen LogP contribution in [0.2, 0.25) is 0 Å². The Morgan fingerprint density at radius 2 is 2.00 bits per heavy atom. The molecular formula is C16H18FN3O2. The average Bonchev–Trinajstić information content (AvgIpc) is 2.52. The zero-order valence-corrected chi connectivity index (χ0v) is 12.3. The van der Waals surface area contributed by atoms with Crippen LogP contribution >= 0.6 is 0 Å². The summed E-state index contributed by atoms with van der Waals surface area (Å²) in [5.74, 6) is 1.99. The Hall–Kier alpha value is -2.56. The van der Waals surface area contributed by atoms with E-state index in [4.69, 9.17) is 16.2 Å². The third kappa shape index (κ3) is 3.19. The molecule has 116 valence electrons. The lowest BCUT2D eigenvalue weighted by Crippen LogP contribution is -2.39. The first-order valence-electron chi connectivity index (χ1n) is 6.89. The van der Waals surface area contributed by atoms with Crippen LogP contribution in [0.4, 0.5) is 4.48 Å². The number of halogens is 1. The Morgan fingerprint density at radius 3 is 2.59 bits per heavy atom. The molecule has 2 rings (SSSR count). The third-order valence-corrected chi connectivity index (χ3v) is 3.33. The van der Waals surface area contributed by atoms with E-state index >= 15 is 0 Å². The van der Waals surface area contributed by atoms with E-state index in [1.165, 1.54) is 6.08 Å². The largest absolute Gasteiger partial charge is 0.492 e. The minimum atomic E-state index is -1.07. The maximum absolute atomic E-state index is 14.5. The highest BCUT2D eigenvalue weighted by Gasteiger charge is 2.32. The van der Waals surface area contributed by atoms with E-state index in [1.54, 1.807) is 37.1 Å². The summed E-state index contributed by atoms with van der Waals surface area (Å²) in [5.41, 5.74) is 12.8. The molecule has 6 heteroatoms. The summed E-state index contributed by atoms with van der Waals surface area (Å²) in [4.78, 5) is 11.2. The lowest BCUT2D eigenvalue weighted by atomic mass is 9.96. The molecule has 1 aromatic rings. The molecule has 5 nitrogen and oxygen atoms in total. The molecule has 4 N–H and O–H groups in total. The van der Waals surface area contributed by atoms with Gasteiger partial charge in [0, 0.05) is 0 Å². The molecule has 0 saturated carbocycles. The topological polar surface area (TPSA) is 81.6 Å². The summed E-state index contributed by atoms with van der Waals surface area (Å²) < 4.78 is 19.8. The lowest BCUT2D eigenvalue weighted by molar-refractivity contribution is -0.00458. The lowest BCUT2D eigenvalue weighted by Gasteiger charge is -2.28. The van der Waals surface area contributed by atoms with Gasteiger partial charge in [-0.3, -0.25) is 0 Å². The molecule has 0 bridgehead atoms. The fraction of sp³-hybridized carbons (Fsp3) is 0.250. The summed E-state index contributed by atoms with van der Waals surface area (Å²) in [7, 11) is 0. The van der Waals surface area contributed by atoms with Crippen LogP contribution in [0, 0.1) is 0 Å². The molecule has 1 atom stereocenters. The molecule has 22 heavy (non-hydrogen) atoms. The van der Waals surface area contributed by atoms with Gasteiger partial charge in [-0.05, 0) is 18.6 Å². The van der Waals surface area contributed by atoms with Crippen molar-refractivity contribution in [1.29, 1.82) is 0 Å². The van der Waals surface area contributed by atoms with Gasteiger partial charge >= 0.3 is 0 Å². The summed E-state index contributed by atoms with van der Waals surface area (Å²) in [5, 5.41) is 0.469.